The van der Waals surface area contributed by atoms with Crippen molar-refractivity contribution in [2.24, 2.45) is 11.5 Å². The van der Waals surface area contributed by atoms with E-state index in [0.29, 0.717) is 55.6 Å². The van der Waals surface area contributed by atoms with Crippen molar-refractivity contribution in [1.82, 2.24) is 4.90 Å². The Labute approximate surface area is 205 Å². The summed E-state index contributed by atoms with van der Waals surface area (Å²) in [6.07, 6.45) is 6.46. The van der Waals surface area contributed by atoms with Crippen LogP contribution in [0.15, 0.2) is 83.1 Å². The first-order valence-corrected chi connectivity index (χ1v) is 11.9. The van der Waals surface area contributed by atoms with Crippen molar-refractivity contribution in [3.63, 3.8) is 0 Å². The Kier molecular flexibility index (Phi) is 7.34. The number of halogens is 1. The molecular weight excluding hydrogens is 443 g/mol. The van der Waals surface area contributed by atoms with E-state index in [9.17, 15) is 14.0 Å². The molecule has 5 N–H and O–H groups in total. The Balaban J connectivity index is 1.58. The number of primary amides is 1. The van der Waals surface area contributed by atoms with E-state index in [0.717, 1.165) is 22.4 Å². The summed E-state index contributed by atoms with van der Waals surface area (Å²) in [7, 11) is 1.84. The summed E-state index contributed by atoms with van der Waals surface area (Å²) in [6, 6.07) is 13.9. The van der Waals surface area contributed by atoms with Gasteiger partial charge < -0.3 is 21.7 Å². The summed E-state index contributed by atoms with van der Waals surface area (Å²) < 4.78 is 13.5. The molecule has 0 bridgehead atoms. The van der Waals surface area contributed by atoms with Gasteiger partial charge in [-0.15, -0.1) is 0 Å². The van der Waals surface area contributed by atoms with Gasteiger partial charge in [-0.05, 0) is 72.4 Å². The molecule has 6 nitrogen and oxygen atoms in total. The number of carbonyl (C=O) groups is 2. The smallest absolute Gasteiger partial charge is 0.254 e. The molecule has 35 heavy (non-hydrogen) atoms. The molecule has 2 amide bonds. The second-order valence-electron chi connectivity index (χ2n) is 8.99. The van der Waals surface area contributed by atoms with Gasteiger partial charge in [-0.25, -0.2) is 4.39 Å². The number of anilines is 1. The Hall–Kier alpha value is -3.87. The van der Waals surface area contributed by atoms with Gasteiger partial charge in [-0.3, -0.25) is 9.59 Å². The molecule has 7 heteroatoms. The summed E-state index contributed by atoms with van der Waals surface area (Å²) in [5, 5.41) is 3.05. The number of benzene rings is 2. The lowest BCUT2D eigenvalue weighted by Crippen LogP contribution is -2.35. The average molecular weight is 475 g/mol. The molecule has 0 radical (unpaired) electrons. The number of rotatable bonds is 5. The van der Waals surface area contributed by atoms with Crippen molar-refractivity contribution in [3.05, 3.63) is 100 Å². The van der Waals surface area contributed by atoms with Crippen molar-refractivity contribution in [2.75, 3.05) is 25.5 Å². The second-order valence-corrected chi connectivity index (χ2v) is 8.99. The molecule has 2 aliphatic rings. The maximum absolute atomic E-state index is 13.5. The summed E-state index contributed by atoms with van der Waals surface area (Å²) >= 11 is 0. The van der Waals surface area contributed by atoms with Gasteiger partial charge in [0.1, 0.15) is 5.82 Å². The van der Waals surface area contributed by atoms with Crippen LogP contribution in [0.1, 0.15) is 47.5 Å². The quantitative estimate of drug-likeness (QED) is 0.604. The molecule has 1 atom stereocenters. The predicted molar refractivity (Wildman–Crippen MR) is 136 cm³/mol. The van der Waals surface area contributed by atoms with Gasteiger partial charge in [0, 0.05) is 55.0 Å². The first-order valence-electron chi connectivity index (χ1n) is 11.9. The minimum Gasteiger partial charge on any atom is -0.401 e. The molecule has 1 unspecified atom stereocenters. The standard InChI is InChI=1S/C28H31FN4O2/c1-32-24-9-4-20(5-10-24)28(35)33-14-12-19(13-15-33)22-16-21(18-2-7-23(29)8-3-18)6-11-25(27(31)34)26(30)17-22/h2-5,7-10,12,16,21,32H,6,11,13-15,17,30H2,1H3,(H2,31,34)/b22-16+,26-25-. The van der Waals surface area contributed by atoms with Crippen LogP contribution >= 0.6 is 0 Å². The van der Waals surface area contributed by atoms with Gasteiger partial charge in [0.2, 0.25) is 5.91 Å². The van der Waals surface area contributed by atoms with Crippen LogP contribution in [0, 0.1) is 5.82 Å². The average Bonchev–Trinajstić information content (AvgIpc) is 2.86. The van der Waals surface area contributed by atoms with Crippen LogP contribution in [-0.2, 0) is 4.79 Å². The molecule has 4 rings (SSSR count). The minimum atomic E-state index is -0.500. The van der Waals surface area contributed by atoms with Crippen LogP contribution in [0.3, 0.4) is 0 Å². The highest BCUT2D eigenvalue weighted by molar-refractivity contribution is 5.95. The minimum absolute atomic E-state index is 0.000647. The summed E-state index contributed by atoms with van der Waals surface area (Å²) in [6.45, 7) is 1.08. The third kappa shape index (κ3) is 5.62. The van der Waals surface area contributed by atoms with Crippen molar-refractivity contribution in [2.45, 2.75) is 31.6 Å². The predicted octanol–water partition coefficient (Wildman–Crippen LogP) is 4.23. The third-order valence-corrected chi connectivity index (χ3v) is 6.80. The van der Waals surface area contributed by atoms with E-state index in [4.69, 9.17) is 11.5 Å². The van der Waals surface area contributed by atoms with Gasteiger partial charge in [0.05, 0.1) is 0 Å². The Bertz CT molecular complexity index is 1200. The van der Waals surface area contributed by atoms with Gasteiger partial charge in [0.15, 0.2) is 0 Å². The van der Waals surface area contributed by atoms with E-state index >= 15 is 0 Å². The fourth-order valence-electron chi connectivity index (χ4n) is 4.74. The number of allylic oxidation sites excluding steroid dienone is 2. The first kappa shape index (κ1) is 24.3. The number of nitrogens with one attached hydrogen (secondary N) is 1. The number of nitrogens with two attached hydrogens (primary N) is 2. The van der Waals surface area contributed by atoms with E-state index in [1.165, 1.54) is 12.1 Å². The van der Waals surface area contributed by atoms with Gasteiger partial charge in [0.25, 0.3) is 5.91 Å². The molecule has 1 aliphatic heterocycles. The summed E-state index contributed by atoms with van der Waals surface area (Å²) in [5.41, 5.74) is 17.6. The molecule has 0 spiro atoms. The van der Waals surface area contributed by atoms with Crippen LogP contribution in [0.5, 0.6) is 0 Å². The zero-order valence-corrected chi connectivity index (χ0v) is 19.9. The summed E-state index contributed by atoms with van der Waals surface area (Å²) in [4.78, 5) is 26.8. The first-order chi connectivity index (χ1) is 16.9. The summed E-state index contributed by atoms with van der Waals surface area (Å²) in [5.74, 6) is -0.792. The van der Waals surface area contributed by atoms with Crippen LogP contribution in [0.4, 0.5) is 10.1 Å². The highest BCUT2D eigenvalue weighted by atomic mass is 19.1. The molecule has 182 valence electrons. The van der Waals surface area contributed by atoms with Crippen LogP contribution in [-0.4, -0.2) is 36.9 Å². The van der Waals surface area contributed by atoms with E-state index in [1.54, 1.807) is 12.1 Å². The molecule has 1 heterocycles. The third-order valence-electron chi connectivity index (χ3n) is 6.80. The fraction of sp³-hybridized carbons (Fsp3) is 0.286. The zero-order valence-electron chi connectivity index (χ0n) is 19.9. The lowest BCUT2D eigenvalue weighted by Gasteiger charge is -2.29. The van der Waals surface area contributed by atoms with Gasteiger partial charge in [-0.2, -0.15) is 0 Å². The molecule has 0 fully saturated rings. The van der Waals surface area contributed by atoms with Crippen LogP contribution < -0.4 is 16.8 Å². The Morgan fingerprint density at radius 2 is 1.74 bits per heavy atom. The van der Waals surface area contributed by atoms with Crippen molar-refractivity contribution in [1.29, 1.82) is 0 Å². The van der Waals surface area contributed by atoms with Gasteiger partial charge in [-0.1, -0.05) is 24.3 Å². The van der Waals surface area contributed by atoms with E-state index < -0.39 is 5.91 Å². The van der Waals surface area contributed by atoms with Crippen molar-refractivity contribution >= 4 is 17.5 Å². The van der Waals surface area contributed by atoms with Crippen LogP contribution in [0.2, 0.25) is 0 Å². The maximum atomic E-state index is 13.5. The van der Waals surface area contributed by atoms with Crippen molar-refractivity contribution < 1.29 is 14.0 Å². The highest BCUT2D eigenvalue weighted by Gasteiger charge is 2.24. The molecule has 2 aromatic rings. The van der Waals surface area contributed by atoms with Crippen LogP contribution in [0.25, 0.3) is 0 Å². The van der Waals surface area contributed by atoms with Gasteiger partial charge >= 0.3 is 0 Å². The molecule has 2 aromatic carbocycles. The number of nitrogens with zero attached hydrogens (tertiary/aromatic N) is 1. The molecule has 1 aliphatic carbocycles. The number of hydrogen-bond acceptors (Lipinski definition) is 4. The largest absolute Gasteiger partial charge is 0.401 e. The number of hydrogen-bond donors (Lipinski definition) is 3. The SMILES string of the molecule is CNc1ccc(C(=O)N2CC=C(/C3=C/C(c4ccc(F)cc4)CC/C(C(N)=O)=C(/N)C3)CC2)cc1. The van der Waals surface area contributed by atoms with Crippen molar-refractivity contribution in [3.8, 4) is 0 Å². The second kappa shape index (κ2) is 10.6. The Morgan fingerprint density at radius 1 is 1.03 bits per heavy atom. The molecule has 0 aromatic heterocycles. The zero-order chi connectivity index (χ0) is 24.9. The van der Waals surface area contributed by atoms with E-state index in [-0.39, 0.29) is 17.6 Å². The lowest BCUT2D eigenvalue weighted by molar-refractivity contribution is -0.114. The molecule has 0 saturated carbocycles. The van der Waals surface area contributed by atoms with E-state index in [1.807, 2.05) is 36.2 Å². The molecular formula is C28H31FN4O2. The maximum Gasteiger partial charge on any atom is 0.254 e. The Morgan fingerprint density at radius 3 is 2.34 bits per heavy atom. The lowest BCUT2D eigenvalue weighted by atomic mass is 9.83. The monoisotopic (exact) mass is 474 g/mol. The molecule has 0 saturated heterocycles. The van der Waals surface area contributed by atoms with E-state index in [2.05, 4.69) is 17.5 Å². The number of carbonyl (C=O) groups excluding carboxylic acids is 2. The topological polar surface area (TPSA) is 101 Å². The normalized spacial score (nSPS) is 22.3. The number of amides is 2. The highest BCUT2D eigenvalue weighted by Crippen LogP contribution is 2.35. The fourth-order valence-corrected chi connectivity index (χ4v) is 4.74.